The summed E-state index contributed by atoms with van der Waals surface area (Å²) in [5, 5.41) is 0. The predicted molar refractivity (Wildman–Crippen MR) is 649 cm³/mol. The van der Waals surface area contributed by atoms with Gasteiger partial charge in [-0.15, -0.1) is 26.3 Å². The minimum absolute atomic E-state index is 0.860. The highest BCUT2D eigenvalue weighted by atomic mass is 79.9. The zero-order chi connectivity index (χ0) is 109. The largest absolute Gasteiger partial charge is 0.497 e. The maximum Gasteiger partial charge on any atom is 0.120 e. The molecular formula is C132H184Br2N8O8. The summed E-state index contributed by atoms with van der Waals surface area (Å²) in [7, 11) is 11.9. The van der Waals surface area contributed by atoms with E-state index in [4.69, 9.17) is 37.6 Å². The van der Waals surface area contributed by atoms with Crippen LogP contribution in [0.1, 0.15) is 220 Å². The van der Waals surface area contributed by atoms with Gasteiger partial charge < -0.3 is 52.3 Å². The summed E-state index contributed by atoms with van der Waals surface area (Å²) < 4.78 is 44.4. The Morgan fingerprint density at radius 1 is 0.233 bits per heavy atom. The van der Waals surface area contributed by atoms with Crippen LogP contribution >= 0.6 is 31.9 Å². The van der Waals surface area contributed by atoms with Crippen LogP contribution in [-0.2, 0) is 58.9 Å². The lowest BCUT2D eigenvalue weighted by Crippen LogP contribution is -2.24. The number of rotatable bonds is 60. The Bertz CT molecular complexity index is 5300. The molecule has 150 heavy (non-hydrogen) atoms. The number of aryl methyl sites for hydroxylation is 2. The summed E-state index contributed by atoms with van der Waals surface area (Å²) in [6.45, 7) is 58.6. The van der Waals surface area contributed by atoms with Gasteiger partial charge in [-0.05, 0) is 288 Å². The number of hydrogen-bond acceptors (Lipinski definition) is 16. The van der Waals surface area contributed by atoms with Crippen LogP contribution in [0.3, 0.4) is 0 Å². The molecule has 814 valence electrons. The molecule has 16 nitrogen and oxygen atoms in total. The van der Waals surface area contributed by atoms with E-state index in [0.717, 1.165) is 192 Å². The van der Waals surface area contributed by atoms with Crippen molar-refractivity contribution < 1.29 is 37.6 Å². The molecule has 18 heteroatoms. The second-order valence-corrected chi connectivity index (χ2v) is 39.5. The van der Waals surface area contributed by atoms with Crippen LogP contribution in [0.5, 0.6) is 40.2 Å². The van der Waals surface area contributed by atoms with Gasteiger partial charge in [0.2, 0.25) is 0 Å². The highest BCUT2D eigenvalue weighted by molar-refractivity contribution is 9.10. The van der Waals surface area contributed by atoms with Crippen LogP contribution < -0.4 is 47.9 Å². The molecule has 1 aromatic heterocycles. The lowest BCUT2D eigenvalue weighted by atomic mass is 10.1. The molecule has 12 aromatic rings. The maximum atomic E-state index is 5.46. The van der Waals surface area contributed by atoms with E-state index >= 15 is 0 Å². The fourth-order valence-electron chi connectivity index (χ4n) is 16.2. The monoisotopic (exact) mass is 2170 g/mol. The molecule has 0 N–H and O–H groups in total. The Hall–Kier alpha value is -11.6. The normalized spacial score (nSPS) is 10.6. The molecule has 0 radical (unpaired) electrons. The summed E-state index contributed by atoms with van der Waals surface area (Å²) in [6, 6.07) is 96.6. The smallest absolute Gasteiger partial charge is 0.120 e. The van der Waals surface area contributed by atoms with Crippen molar-refractivity contribution >= 4 is 48.9 Å². The summed E-state index contributed by atoms with van der Waals surface area (Å²) in [5.41, 5.74) is 17.0. The van der Waals surface area contributed by atoms with E-state index in [1.54, 1.807) is 56.0 Å². The summed E-state index contributed by atoms with van der Waals surface area (Å²) in [6.07, 6.45) is 29.2. The van der Waals surface area contributed by atoms with E-state index in [2.05, 4.69) is 349 Å². The highest BCUT2D eigenvalue weighted by Crippen LogP contribution is 2.29. The average molecular weight is 2170 g/mol. The van der Waals surface area contributed by atoms with Gasteiger partial charge >= 0.3 is 0 Å². The lowest BCUT2D eigenvalue weighted by molar-refractivity contribution is 0.232. The van der Waals surface area contributed by atoms with Crippen LogP contribution in [0, 0.1) is 13.8 Å². The van der Waals surface area contributed by atoms with Crippen molar-refractivity contribution in [2.75, 3.05) is 143 Å². The van der Waals surface area contributed by atoms with Gasteiger partial charge in [0.1, 0.15) is 46.0 Å². The third-order valence-electron chi connectivity index (χ3n) is 25.1. The van der Waals surface area contributed by atoms with Crippen molar-refractivity contribution in [2.24, 2.45) is 0 Å². The van der Waals surface area contributed by atoms with Crippen LogP contribution in [-0.4, -0.2) is 153 Å². The topological polar surface area (TPSA) is 104 Å². The minimum Gasteiger partial charge on any atom is -0.497 e. The molecule has 0 aliphatic heterocycles. The van der Waals surface area contributed by atoms with Gasteiger partial charge in [0.15, 0.2) is 0 Å². The fourth-order valence-corrected chi connectivity index (χ4v) is 17.0. The fraction of sp³-hybridized carbons (Fsp3) is 0.409. The van der Waals surface area contributed by atoms with Crippen LogP contribution in [0.25, 0.3) is 0 Å². The van der Waals surface area contributed by atoms with Crippen molar-refractivity contribution in [1.29, 1.82) is 0 Å². The quantitative estimate of drug-likeness (QED) is 0.0338. The first-order chi connectivity index (χ1) is 73.1. The molecule has 0 aliphatic rings. The van der Waals surface area contributed by atoms with Crippen molar-refractivity contribution in [3.63, 3.8) is 0 Å². The lowest BCUT2D eigenvalue weighted by Gasteiger charge is -2.25. The van der Waals surface area contributed by atoms with Gasteiger partial charge in [-0.3, -0.25) is 24.5 Å². The number of nitrogens with zero attached hydrogens (tertiary/aromatic N) is 8. The number of methoxy groups -OCH3 is 7. The molecule has 12 rings (SSSR count). The second kappa shape index (κ2) is 81.2. The molecule has 0 amide bonds. The Labute approximate surface area is 924 Å². The van der Waals surface area contributed by atoms with Gasteiger partial charge in [0.05, 0.1) is 62.6 Å². The number of ether oxygens (including phenoxy) is 7. The Morgan fingerprint density at radius 3 is 0.780 bits per heavy atom. The van der Waals surface area contributed by atoms with E-state index in [0.29, 0.717) is 0 Å². The summed E-state index contributed by atoms with van der Waals surface area (Å²) in [4.78, 5) is 19.4. The number of furan rings is 1. The third-order valence-corrected chi connectivity index (χ3v) is 26.1. The van der Waals surface area contributed by atoms with Gasteiger partial charge in [0.25, 0.3) is 0 Å². The number of hydrogen-bond donors (Lipinski definition) is 0. The Morgan fingerprint density at radius 2 is 0.493 bits per heavy atom. The van der Waals surface area contributed by atoms with Crippen molar-refractivity contribution in [3.8, 4) is 40.2 Å². The molecular weight excluding hydrogens is 1990 g/mol. The van der Waals surface area contributed by atoms with E-state index in [1.165, 1.54) is 175 Å². The van der Waals surface area contributed by atoms with E-state index < -0.39 is 0 Å². The molecule has 0 fully saturated rings. The standard InChI is InChI=1S/2C19H25NO2.C19H25NO.C17H23NO2.C15H23NO.C15H23N.2C14H20BrN/c1-4-5-14-20(17-8-12-19(22-3)13-9-17)15-16-6-10-18(21-2)11-7-16;1-4-5-13-20(17-7-6-8-19(14-17)22-3)15-16-9-11-18(21-2)12-10-16;1-4-5-14-20(15-17-8-6-16(2)7-9-17)18-10-12-19(21-3)13-11-18;1-3-4-11-18(14-17-6-5-12-20-17)13-15-7-9-16(19-2)10-8-15;1-4-6-12-16(11-5-2)13-14-7-9-15(17-3)10-8-14;1-4-6-12-16(11-5-2)13-15-9-7-14(3)8-10-15;1-3-5-11-16(10-4-2)12-13-6-8-14(15)9-7-13;1-3-5-10-16(9-4-2)12-13-7-6-8-14(15)11-13/h6-13H,4-5,14-15H2,1-3H3;6-12,14H,4-5,13,15H2,1-3H3;6-13H,4-5,14-15H2,1-3H3;5-10,12H,3-4,11,13-14H2,1-2H3;5,7-10H,2,4,6,11-13H2,1,3H3;5,7-10H,2,4,6,11-13H2,1,3H3;4,6-9H,2-3,5,10-12H2,1H3;4,6-8,11H,2-3,5,9-10,12H2,1H3. The minimum atomic E-state index is 0.860. The molecule has 0 unspecified atom stereocenters. The average Bonchev–Trinajstić information content (AvgIpc) is 1.05. The van der Waals surface area contributed by atoms with Gasteiger partial charge in [-0.25, -0.2) is 0 Å². The molecule has 0 bridgehead atoms. The Balaban J connectivity index is 0.000000302. The number of anilines is 3. The van der Waals surface area contributed by atoms with E-state index in [1.807, 2.05) is 121 Å². The molecule has 0 atom stereocenters. The summed E-state index contributed by atoms with van der Waals surface area (Å²) in [5.74, 6) is 7.33. The predicted octanol–water partition coefficient (Wildman–Crippen LogP) is 33.7. The molecule has 0 saturated carbocycles. The molecule has 0 saturated heterocycles. The zero-order valence-electron chi connectivity index (χ0n) is 94.5. The molecule has 0 spiro atoms. The van der Waals surface area contributed by atoms with Gasteiger partial charge in [-0.2, -0.15) is 0 Å². The first-order valence-corrected chi connectivity index (χ1v) is 56.1. The van der Waals surface area contributed by atoms with Crippen molar-refractivity contribution in [2.45, 2.75) is 231 Å². The van der Waals surface area contributed by atoms with Crippen molar-refractivity contribution in [1.82, 2.24) is 24.5 Å². The maximum absolute atomic E-state index is 5.46. The first kappa shape index (κ1) is 129. The Kier molecular flexibility index (Phi) is 69.8. The number of halogens is 2. The van der Waals surface area contributed by atoms with Crippen LogP contribution in [0.4, 0.5) is 17.1 Å². The third kappa shape index (κ3) is 56.0. The van der Waals surface area contributed by atoms with Gasteiger partial charge in [0, 0.05) is 130 Å². The SMILES string of the molecule is C=CCN(CCCC)Cc1ccc(Br)cc1.C=CCN(CCCC)Cc1ccc(C)cc1.C=CCN(CCCC)Cc1ccc(OC)cc1.C=CCN(CCCC)Cc1cccc(Br)c1.CCCCN(Cc1ccc(C)cc1)c1ccc(OC)cc1.CCCCN(Cc1ccc(OC)cc1)Cc1ccco1.CCCCN(Cc1ccc(OC)cc1)c1ccc(OC)cc1.CCCCN(Cc1ccc(OC)cc1)c1cccc(OC)c1. The molecule has 11 aromatic carbocycles. The zero-order valence-corrected chi connectivity index (χ0v) is 97.7. The van der Waals surface area contributed by atoms with Crippen LogP contribution in [0.15, 0.2) is 349 Å². The van der Waals surface area contributed by atoms with E-state index in [-0.39, 0.29) is 0 Å². The first-order valence-electron chi connectivity index (χ1n) is 54.5. The van der Waals surface area contributed by atoms with E-state index in [9.17, 15) is 0 Å². The number of benzene rings is 11. The highest BCUT2D eigenvalue weighted by Gasteiger charge is 2.16. The van der Waals surface area contributed by atoms with Crippen LogP contribution in [0.2, 0.25) is 0 Å². The molecule has 0 aliphatic carbocycles. The van der Waals surface area contributed by atoms with Crippen molar-refractivity contribution in [3.05, 3.63) is 406 Å². The number of unbranched alkanes of at least 4 members (excludes halogenated alkanes) is 8. The second-order valence-electron chi connectivity index (χ2n) is 37.7. The molecule has 1 heterocycles. The summed E-state index contributed by atoms with van der Waals surface area (Å²) >= 11 is 6.96. The van der Waals surface area contributed by atoms with Gasteiger partial charge in [-0.1, -0.05) is 301 Å².